The fourth-order valence-electron chi connectivity index (χ4n) is 0.381. The molecule has 0 aromatic heterocycles. The molecule has 0 aromatic rings. The molecule has 0 spiro atoms. The summed E-state index contributed by atoms with van der Waals surface area (Å²) in [6, 6.07) is 0. The van der Waals surface area contributed by atoms with Gasteiger partial charge in [0, 0.05) is 31.0 Å². The summed E-state index contributed by atoms with van der Waals surface area (Å²) in [4.78, 5) is 0. The summed E-state index contributed by atoms with van der Waals surface area (Å²) in [6.45, 7) is 6.14. The van der Waals surface area contributed by atoms with Gasteiger partial charge in [0.25, 0.3) is 5.69 Å². The fourth-order valence-corrected chi connectivity index (χ4v) is 2.40. The lowest BCUT2D eigenvalue weighted by molar-refractivity contribution is 0.354. The van der Waals surface area contributed by atoms with Crippen LogP contribution in [-0.2, 0) is 20.9 Å². The molecule has 0 bridgehead atoms. The molecule has 5 heteroatoms. The van der Waals surface area contributed by atoms with Gasteiger partial charge in [-0.05, 0) is 37.8 Å². The van der Waals surface area contributed by atoms with Crippen molar-refractivity contribution in [3.8, 4) is 11.2 Å². The average molecular weight is 238 g/mol. The summed E-state index contributed by atoms with van der Waals surface area (Å²) in [5.41, 5.74) is -2.20. The molecule has 0 fully saturated rings. The Balaban J connectivity index is 4.28. The lowest BCUT2D eigenvalue weighted by atomic mass is 9.99. The van der Waals surface area contributed by atoms with E-state index in [4.69, 9.17) is 20.9 Å². The van der Waals surface area contributed by atoms with Crippen molar-refractivity contribution < 1.29 is 9.05 Å². The van der Waals surface area contributed by atoms with E-state index in [0.717, 1.165) is 0 Å². The van der Waals surface area contributed by atoms with Crippen LogP contribution in [0.25, 0.3) is 0 Å². The highest BCUT2D eigenvalue weighted by Gasteiger charge is 2.14. The van der Waals surface area contributed by atoms with E-state index >= 15 is 0 Å². The Hall–Kier alpha value is 0.480. The SMILES string of the molecule is COP(=S)(OC)SC#CC(C)(C)C. The van der Waals surface area contributed by atoms with Crippen LogP contribution in [0.2, 0.25) is 0 Å². The molecule has 0 aliphatic heterocycles. The molecule has 0 heterocycles. The van der Waals surface area contributed by atoms with Gasteiger partial charge < -0.3 is 9.05 Å². The molecule has 0 saturated carbocycles. The monoisotopic (exact) mass is 238 g/mol. The van der Waals surface area contributed by atoms with E-state index in [1.807, 2.05) is 20.8 Å². The van der Waals surface area contributed by atoms with Crippen molar-refractivity contribution in [3.05, 3.63) is 0 Å². The van der Waals surface area contributed by atoms with Gasteiger partial charge in [-0.2, -0.15) is 0 Å². The number of rotatable bonds is 3. The summed E-state index contributed by atoms with van der Waals surface area (Å²) in [5.74, 6) is 3.06. The maximum atomic E-state index is 5.12. The summed E-state index contributed by atoms with van der Waals surface area (Å²) in [6.07, 6.45) is 0. The Kier molecular flexibility index (Phi) is 5.58. The minimum atomic E-state index is -2.19. The van der Waals surface area contributed by atoms with Crippen LogP contribution in [0.3, 0.4) is 0 Å². The zero-order valence-electron chi connectivity index (χ0n) is 8.58. The van der Waals surface area contributed by atoms with Gasteiger partial charge in [-0.25, -0.2) is 0 Å². The van der Waals surface area contributed by atoms with Gasteiger partial charge in [0.05, 0.1) is 0 Å². The van der Waals surface area contributed by atoms with Gasteiger partial charge >= 0.3 is 0 Å². The topological polar surface area (TPSA) is 18.5 Å². The van der Waals surface area contributed by atoms with Crippen molar-refractivity contribution in [1.29, 1.82) is 0 Å². The first-order valence-electron chi connectivity index (χ1n) is 3.75. The average Bonchev–Trinajstić information content (AvgIpc) is 2.02. The molecule has 0 aliphatic rings. The van der Waals surface area contributed by atoms with E-state index in [-0.39, 0.29) is 5.41 Å². The first kappa shape index (κ1) is 13.5. The lowest BCUT2D eigenvalue weighted by Gasteiger charge is -2.13. The van der Waals surface area contributed by atoms with Gasteiger partial charge in [-0.3, -0.25) is 0 Å². The van der Waals surface area contributed by atoms with Gasteiger partial charge in [0.2, 0.25) is 0 Å². The Morgan fingerprint density at radius 2 is 1.69 bits per heavy atom. The molecule has 0 N–H and O–H groups in total. The van der Waals surface area contributed by atoms with Crippen molar-refractivity contribution in [2.24, 2.45) is 5.41 Å². The molecule has 0 amide bonds. The first-order chi connectivity index (χ1) is 5.83. The largest absolute Gasteiger partial charge is 0.324 e. The van der Waals surface area contributed by atoms with Crippen LogP contribution >= 0.6 is 17.1 Å². The van der Waals surface area contributed by atoms with Crippen molar-refractivity contribution in [3.63, 3.8) is 0 Å². The molecule has 0 saturated heterocycles. The van der Waals surface area contributed by atoms with Crippen LogP contribution in [0.5, 0.6) is 0 Å². The molecule has 0 rings (SSSR count). The van der Waals surface area contributed by atoms with Crippen LogP contribution in [0.1, 0.15) is 20.8 Å². The molecule has 2 nitrogen and oxygen atoms in total. The molecule has 0 unspecified atom stereocenters. The van der Waals surface area contributed by atoms with Crippen molar-refractivity contribution in [2.75, 3.05) is 14.2 Å². The van der Waals surface area contributed by atoms with Gasteiger partial charge in [-0.15, -0.1) is 0 Å². The number of hydrogen-bond acceptors (Lipinski definition) is 4. The molecular formula is C8H15O2PS2. The Morgan fingerprint density at radius 3 is 2.00 bits per heavy atom. The molecule has 0 aromatic carbocycles. The van der Waals surface area contributed by atoms with Crippen LogP contribution < -0.4 is 0 Å². The third-order valence-corrected chi connectivity index (χ3v) is 5.75. The third-order valence-electron chi connectivity index (χ3n) is 1.03. The van der Waals surface area contributed by atoms with Crippen LogP contribution in [0, 0.1) is 16.6 Å². The van der Waals surface area contributed by atoms with Crippen molar-refractivity contribution in [2.45, 2.75) is 20.8 Å². The van der Waals surface area contributed by atoms with E-state index in [1.165, 1.54) is 11.4 Å². The van der Waals surface area contributed by atoms with Crippen LogP contribution in [-0.4, -0.2) is 14.2 Å². The van der Waals surface area contributed by atoms with Gasteiger partial charge in [0.15, 0.2) is 0 Å². The van der Waals surface area contributed by atoms with Gasteiger partial charge in [-0.1, -0.05) is 5.92 Å². The van der Waals surface area contributed by atoms with E-state index < -0.39 is 5.69 Å². The second kappa shape index (κ2) is 5.38. The Bertz CT molecular complexity index is 252. The quantitative estimate of drug-likeness (QED) is 0.554. The zero-order chi connectivity index (χ0) is 10.5. The van der Waals surface area contributed by atoms with E-state index in [1.54, 1.807) is 14.2 Å². The zero-order valence-corrected chi connectivity index (χ0v) is 11.1. The highest BCUT2D eigenvalue weighted by atomic mass is 32.9. The summed E-state index contributed by atoms with van der Waals surface area (Å²) in [7, 11) is 3.10. The molecule has 0 atom stereocenters. The maximum absolute atomic E-state index is 5.12. The summed E-state index contributed by atoms with van der Waals surface area (Å²) in [5, 5.41) is 2.93. The predicted molar refractivity (Wildman–Crippen MR) is 63.1 cm³/mol. The van der Waals surface area contributed by atoms with Crippen molar-refractivity contribution in [1.82, 2.24) is 0 Å². The molecule has 13 heavy (non-hydrogen) atoms. The fraction of sp³-hybridized carbons (Fsp3) is 0.750. The first-order valence-corrected chi connectivity index (χ1v) is 7.81. The maximum Gasteiger partial charge on any atom is 0.259 e. The molecule has 0 radical (unpaired) electrons. The predicted octanol–water partition coefficient (Wildman–Crippen LogP) is 3.24. The van der Waals surface area contributed by atoms with Crippen LogP contribution in [0.4, 0.5) is 0 Å². The minimum Gasteiger partial charge on any atom is -0.324 e. The van der Waals surface area contributed by atoms with Crippen molar-refractivity contribution >= 4 is 28.9 Å². The van der Waals surface area contributed by atoms with E-state index in [2.05, 4.69) is 11.2 Å². The normalized spacial score (nSPS) is 12.1. The smallest absolute Gasteiger partial charge is 0.259 e. The highest BCUT2D eigenvalue weighted by Crippen LogP contribution is 2.59. The van der Waals surface area contributed by atoms with Gasteiger partial charge in [0.1, 0.15) is 0 Å². The van der Waals surface area contributed by atoms with E-state index in [0.29, 0.717) is 0 Å². The van der Waals surface area contributed by atoms with Crippen LogP contribution in [0.15, 0.2) is 0 Å². The molecule has 0 aliphatic carbocycles. The second-order valence-corrected chi connectivity index (χ2v) is 9.52. The summed E-state index contributed by atoms with van der Waals surface area (Å²) >= 11 is 6.39. The Labute approximate surface area is 89.7 Å². The standard InChI is InChI=1S/C8H15O2PS2/c1-8(2,3)6-7-13-11(12,9-4)10-5/h1-5H3. The minimum absolute atomic E-state index is 0.00531. The second-order valence-electron chi connectivity index (χ2n) is 3.38. The molecular weight excluding hydrogens is 223 g/mol. The Morgan fingerprint density at radius 1 is 1.23 bits per heavy atom. The third kappa shape index (κ3) is 6.54. The van der Waals surface area contributed by atoms with E-state index in [9.17, 15) is 0 Å². The number of hydrogen-bond donors (Lipinski definition) is 0. The summed E-state index contributed by atoms with van der Waals surface area (Å²) < 4.78 is 10.1. The molecule has 76 valence electrons. The lowest BCUT2D eigenvalue weighted by Crippen LogP contribution is -1.98. The highest BCUT2D eigenvalue weighted by molar-refractivity contribution is 8.69.